The highest BCUT2D eigenvalue weighted by atomic mass is 35.5. The van der Waals surface area contributed by atoms with E-state index in [1.807, 2.05) is 29.8 Å². The molecule has 1 atom stereocenters. The Hall–Kier alpha value is -4.44. The fourth-order valence-electron chi connectivity index (χ4n) is 4.18. The number of imidazole rings is 1. The van der Waals surface area contributed by atoms with Gasteiger partial charge >= 0.3 is 11.9 Å². The van der Waals surface area contributed by atoms with E-state index in [4.69, 9.17) is 9.72 Å². The molecule has 0 bridgehead atoms. The zero-order chi connectivity index (χ0) is 27.9. The van der Waals surface area contributed by atoms with Gasteiger partial charge in [-0.1, -0.05) is 6.92 Å². The molecule has 0 saturated carbocycles. The van der Waals surface area contributed by atoms with Gasteiger partial charge in [0.15, 0.2) is 5.78 Å². The molecule has 0 saturated heterocycles. The molecule has 10 nitrogen and oxygen atoms in total. The summed E-state index contributed by atoms with van der Waals surface area (Å²) in [7, 11) is 1.91. The number of benzene rings is 2. The predicted molar refractivity (Wildman–Crippen MR) is 155 cm³/mol. The van der Waals surface area contributed by atoms with Crippen LogP contribution < -0.4 is 10.6 Å². The van der Waals surface area contributed by atoms with Crippen LogP contribution in [0.1, 0.15) is 52.4 Å². The lowest BCUT2D eigenvalue weighted by Crippen LogP contribution is -2.23. The third-order valence-electron chi connectivity index (χ3n) is 6.49. The van der Waals surface area contributed by atoms with Crippen molar-refractivity contribution in [2.75, 3.05) is 23.8 Å². The number of carbonyl (C=O) groups excluding carboxylic acids is 2. The van der Waals surface area contributed by atoms with Crippen molar-refractivity contribution in [2.24, 2.45) is 13.0 Å². The Morgan fingerprint density at radius 1 is 1.02 bits per heavy atom. The van der Waals surface area contributed by atoms with Crippen molar-refractivity contribution in [3.05, 3.63) is 83.3 Å². The van der Waals surface area contributed by atoms with E-state index in [0.717, 1.165) is 17.0 Å². The van der Waals surface area contributed by atoms with Gasteiger partial charge in [-0.3, -0.25) is 9.59 Å². The first-order chi connectivity index (χ1) is 18.8. The van der Waals surface area contributed by atoms with Gasteiger partial charge in [-0.05, 0) is 67.9 Å². The molecule has 0 aliphatic carbocycles. The summed E-state index contributed by atoms with van der Waals surface area (Å²) >= 11 is 0. The normalized spacial score (nSPS) is 11.4. The second-order valence-corrected chi connectivity index (χ2v) is 8.99. The SMILES string of the molecule is CCOC(=O)c1ccc(NCc2nc3cc(C(=O)c4cccnc4NCC(CC)C(=O)O)ccc3n2C)cc1.Cl. The number of hydrogen-bond donors (Lipinski definition) is 3. The van der Waals surface area contributed by atoms with Gasteiger partial charge in [-0.2, -0.15) is 0 Å². The lowest BCUT2D eigenvalue weighted by atomic mass is 10.0. The summed E-state index contributed by atoms with van der Waals surface area (Å²) in [4.78, 5) is 45.6. The van der Waals surface area contributed by atoms with E-state index in [-0.39, 0.29) is 30.7 Å². The molecule has 0 spiro atoms. The summed E-state index contributed by atoms with van der Waals surface area (Å²) in [5.41, 5.74) is 3.68. The van der Waals surface area contributed by atoms with Gasteiger partial charge in [0.2, 0.25) is 0 Å². The van der Waals surface area contributed by atoms with Crippen molar-refractivity contribution in [3.8, 4) is 0 Å². The van der Waals surface area contributed by atoms with Crippen LogP contribution in [0, 0.1) is 5.92 Å². The molecule has 4 rings (SSSR count). The molecule has 0 fully saturated rings. The Balaban J connectivity index is 0.00000441. The average molecular weight is 566 g/mol. The van der Waals surface area contributed by atoms with Gasteiger partial charge in [0.1, 0.15) is 11.6 Å². The quantitative estimate of drug-likeness (QED) is 0.161. The number of carboxylic acid groups (broad SMARTS) is 1. The maximum atomic E-state index is 13.4. The highest BCUT2D eigenvalue weighted by molar-refractivity contribution is 6.13. The monoisotopic (exact) mass is 565 g/mol. The van der Waals surface area contributed by atoms with E-state index in [1.165, 1.54) is 0 Å². The number of esters is 1. The van der Waals surface area contributed by atoms with Crippen molar-refractivity contribution >= 4 is 52.7 Å². The second-order valence-electron chi connectivity index (χ2n) is 8.99. The van der Waals surface area contributed by atoms with Crippen LogP contribution in [0.2, 0.25) is 0 Å². The molecule has 1 unspecified atom stereocenters. The van der Waals surface area contributed by atoms with E-state index in [1.54, 1.807) is 56.4 Å². The number of ketones is 1. The molecule has 0 radical (unpaired) electrons. The number of halogens is 1. The summed E-state index contributed by atoms with van der Waals surface area (Å²) in [5, 5.41) is 15.7. The molecule has 0 aliphatic rings. The zero-order valence-corrected chi connectivity index (χ0v) is 23.3. The number of fused-ring (bicyclic) bond motifs is 1. The maximum absolute atomic E-state index is 13.4. The number of rotatable bonds is 12. The van der Waals surface area contributed by atoms with Crippen molar-refractivity contribution in [3.63, 3.8) is 0 Å². The predicted octanol–water partition coefficient (Wildman–Crippen LogP) is 4.93. The molecule has 2 heterocycles. The van der Waals surface area contributed by atoms with Crippen molar-refractivity contribution in [2.45, 2.75) is 26.8 Å². The van der Waals surface area contributed by atoms with Crippen LogP contribution in [0.5, 0.6) is 0 Å². The van der Waals surface area contributed by atoms with Crippen LogP contribution in [0.4, 0.5) is 11.5 Å². The second kappa shape index (κ2) is 13.6. The third-order valence-corrected chi connectivity index (χ3v) is 6.49. The third kappa shape index (κ3) is 6.76. The van der Waals surface area contributed by atoms with Gasteiger partial charge in [-0.15, -0.1) is 12.4 Å². The summed E-state index contributed by atoms with van der Waals surface area (Å²) in [6.45, 7) is 4.50. The smallest absolute Gasteiger partial charge is 0.338 e. The number of carbonyl (C=O) groups is 3. The Morgan fingerprint density at radius 3 is 2.42 bits per heavy atom. The first-order valence-corrected chi connectivity index (χ1v) is 12.7. The van der Waals surface area contributed by atoms with Gasteiger partial charge in [0, 0.05) is 31.0 Å². The molecule has 2 aromatic heterocycles. The van der Waals surface area contributed by atoms with Crippen LogP contribution in [0.3, 0.4) is 0 Å². The zero-order valence-electron chi connectivity index (χ0n) is 22.5. The first-order valence-electron chi connectivity index (χ1n) is 12.7. The number of ether oxygens (including phenoxy) is 1. The number of aromatic nitrogens is 3. The molecular formula is C29H32ClN5O5. The highest BCUT2D eigenvalue weighted by Crippen LogP contribution is 2.23. The average Bonchev–Trinajstić information content (AvgIpc) is 3.26. The van der Waals surface area contributed by atoms with E-state index in [0.29, 0.717) is 47.6 Å². The summed E-state index contributed by atoms with van der Waals surface area (Å²) < 4.78 is 6.97. The highest BCUT2D eigenvalue weighted by Gasteiger charge is 2.19. The summed E-state index contributed by atoms with van der Waals surface area (Å²) in [6.07, 6.45) is 2.03. The molecule has 4 aromatic rings. The number of hydrogen-bond acceptors (Lipinski definition) is 8. The van der Waals surface area contributed by atoms with Crippen LogP contribution in [-0.2, 0) is 23.1 Å². The molecule has 11 heteroatoms. The van der Waals surface area contributed by atoms with E-state index >= 15 is 0 Å². The van der Waals surface area contributed by atoms with Crippen molar-refractivity contribution in [1.29, 1.82) is 0 Å². The lowest BCUT2D eigenvalue weighted by Gasteiger charge is -2.14. The Kier molecular flexibility index (Phi) is 10.2. The minimum atomic E-state index is -0.895. The van der Waals surface area contributed by atoms with Gasteiger partial charge < -0.3 is 25.0 Å². The van der Waals surface area contributed by atoms with E-state index < -0.39 is 11.9 Å². The van der Waals surface area contributed by atoms with Crippen molar-refractivity contribution < 1.29 is 24.2 Å². The Labute approximate surface area is 238 Å². The number of carboxylic acids is 1. The van der Waals surface area contributed by atoms with Crippen LogP contribution in [-0.4, -0.2) is 50.5 Å². The number of aryl methyl sites for hydroxylation is 1. The summed E-state index contributed by atoms with van der Waals surface area (Å²) in [5.74, 6) is -0.947. The number of nitrogens with zero attached hydrogens (tertiary/aromatic N) is 3. The van der Waals surface area contributed by atoms with E-state index in [9.17, 15) is 19.5 Å². The van der Waals surface area contributed by atoms with Crippen molar-refractivity contribution in [1.82, 2.24) is 14.5 Å². The maximum Gasteiger partial charge on any atom is 0.338 e. The minimum Gasteiger partial charge on any atom is -0.481 e. The summed E-state index contributed by atoms with van der Waals surface area (Å²) in [6, 6.07) is 15.7. The number of nitrogens with one attached hydrogen (secondary N) is 2. The lowest BCUT2D eigenvalue weighted by molar-refractivity contribution is -0.141. The topological polar surface area (TPSA) is 135 Å². The largest absolute Gasteiger partial charge is 0.481 e. The van der Waals surface area contributed by atoms with Crippen LogP contribution in [0.15, 0.2) is 60.8 Å². The molecule has 2 aromatic carbocycles. The number of aliphatic carboxylic acids is 1. The fraction of sp³-hybridized carbons (Fsp3) is 0.276. The minimum absolute atomic E-state index is 0. The molecular weight excluding hydrogens is 534 g/mol. The molecule has 0 amide bonds. The molecule has 3 N–H and O–H groups in total. The van der Waals surface area contributed by atoms with Gasteiger partial charge in [0.05, 0.1) is 41.2 Å². The van der Waals surface area contributed by atoms with Crippen LogP contribution in [0.25, 0.3) is 11.0 Å². The number of anilines is 2. The fourth-order valence-corrected chi connectivity index (χ4v) is 4.18. The van der Waals surface area contributed by atoms with Gasteiger partial charge in [-0.25, -0.2) is 14.8 Å². The molecule has 210 valence electrons. The van der Waals surface area contributed by atoms with E-state index in [2.05, 4.69) is 15.6 Å². The first kappa shape index (κ1) is 30.1. The van der Waals surface area contributed by atoms with Crippen LogP contribution >= 0.6 is 12.4 Å². The molecule has 40 heavy (non-hydrogen) atoms. The molecule has 0 aliphatic heterocycles. The van der Waals surface area contributed by atoms with Gasteiger partial charge in [0.25, 0.3) is 0 Å². The Morgan fingerprint density at radius 2 is 1.75 bits per heavy atom. The Bertz CT molecular complexity index is 1500. The standard InChI is InChI=1S/C29H31N5O5.ClH/c1-4-18(28(36)37)16-32-27-22(7-6-14-30-27)26(35)20-10-13-24-23(15-20)33-25(34(24)3)17-31-21-11-8-19(9-12-21)29(38)39-5-2;/h6-15,18,31H,4-5,16-17H2,1-3H3,(H,30,32)(H,36,37);1H. The number of pyridine rings is 1.